The summed E-state index contributed by atoms with van der Waals surface area (Å²) in [6, 6.07) is 13.1. The van der Waals surface area contributed by atoms with Crippen LogP contribution in [0.4, 0.5) is 0 Å². The second-order valence-electron chi connectivity index (χ2n) is 4.65. The lowest BCUT2D eigenvalue weighted by atomic mass is 10.0. The maximum atomic E-state index is 12.2. The molecule has 96 valence electrons. The van der Waals surface area contributed by atoms with Gasteiger partial charge in [-0.15, -0.1) is 0 Å². The third-order valence-electron chi connectivity index (χ3n) is 3.27. The van der Waals surface area contributed by atoms with Crippen LogP contribution in [0.5, 0.6) is 5.75 Å². The zero-order valence-electron chi connectivity index (χ0n) is 10.4. The van der Waals surface area contributed by atoms with Gasteiger partial charge in [-0.3, -0.25) is 4.79 Å². The fraction of sp³-hybridized carbons (Fsp3) is 0.188. The predicted octanol–water partition coefficient (Wildman–Crippen LogP) is 3.70. The normalized spacial score (nSPS) is 12.9. The molecule has 0 spiro atoms. The summed E-state index contributed by atoms with van der Waals surface area (Å²) in [5.74, 6) is 1.01. The van der Waals surface area contributed by atoms with Crippen LogP contribution in [0.1, 0.15) is 21.5 Å². The number of halogens is 1. The van der Waals surface area contributed by atoms with Crippen molar-refractivity contribution in [1.29, 1.82) is 0 Å². The number of hydrogen-bond acceptors (Lipinski definition) is 2. The maximum Gasteiger partial charge on any atom is 0.167 e. The van der Waals surface area contributed by atoms with Crippen molar-refractivity contribution in [3.63, 3.8) is 0 Å². The standard InChI is InChI=1S/C16H13ClO2/c17-14-3-1-2-11(8-14)9-15(18)12-4-5-16-13(10-12)6-7-19-16/h1-5,8,10H,6-7,9H2. The minimum absolute atomic E-state index is 0.108. The quantitative estimate of drug-likeness (QED) is 0.797. The Balaban J connectivity index is 1.81. The van der Waals surface area contributed by atoms with Gasteiger partial charge in [-0.25, -0.2) is 0 Å². The van der Waals surface area contributed by atoms with Crippen LogP contribution in [0, 0.1) is 0 Å². The number of fused-ring (bicyclic) bond motifs is 1. The van der Waals surface area contributed by atoms with Gasteiger partial charge in [0.1, 0.15) is 5.75 Å². The molecule has 2 nitrogen and oxygen atoms in total. The van der Waals surface area contributed by atoms with E-state index in [1.807, 2.05) is 42.5 Å². The molecule has 0 N–H and O–H groups in total. The van der Waals surface area contributed by atoms with Gasteiger partial charge in [0.15, 0.2) is 5.78 Å². The van der Waals surface area contributed by atoms with Crippen LogP contribution in [0.2, 0.25) is 5.02 Å². The largest absolute Gasteiger partial charge is 0.493 e. The molecule has 2 aromatic rings. The fourth-order valence-electron chi connectivity index (χ4n) is 2.29. The molecule has 0 aromatic heterocycles. The number of ketones is 1. The molecular weight excluding hydrogens is 260 g/mol. The van der Waals surface area contributed by atoms with Gasteiger partial charge >= 0.3 is 0 Å². The lowest BCUT2D eigenvalue weighted by Crippen LogP contribution is -2.03. The van der Waals surface area contributed by atoms with E-state index in [-0.39, 0.29) is 5.78 Å². The zero-order valence-corrected chi connectivity index (χ0v) is 11.1. The van der Waals surface area contributed by atoms with Crippen molar-refractivity contribution < 1.29 is 9.53 Å². The summed E-state index contributed by atoms with van der Waals surface area (Å²) >= 11 is 5.92. The molecule has 2 aromatic carbocycles. The molecule has 0 radical (unpaired) electrons. The minimum atomic E-state index is 0.108. The van der Waals surface area contributed by atoms with Crippen molar-refractivity contribution in [3.8, 4) is 5.75 Å². The first-order chi connectivity index (χ1) is 9.22. The predicted molar refractivity (Wildman–Crippen MR) is 75.1 cm³/mol. The van der Waals surface area contributed by atoms with E-state index in [1.54, 1.807) is 0 Å². The fourth-order valence-corrected chi connectivity index (χ4v) is 2.51. The maximum absolute atomic E-state index is 12.2. The van der Waals surface area contributed by atoms with E-state index in [0.29, 0.717) is 18.1 Å². The highest BCUT2D eigenvalue weighted by atomic mass is 35.5. The Morgan fingerprint density at radius 1 is 1.21 bits per heavy atom. The van der Waals surface area contributed by atoms with Gasteiger partial charge in [-0.05, 0) is 41.5 Å². The monoisotopic (exact) mass is 272 g/mol. The van der Waals surface area contributed by atoms with Crippen molar-refractivity contribution in [2.75, 3.05) is 6.61 Å². The van der Waals surface area contributed by atoms with E-state index in [0.717, 1.165) is 28.9 Å². The first kappa shape index (κ1) is 12.2. The minimum Gasteiger partial charge on any atom is -0.493 e. The molecule has 0 fully saturated rings. The van der Waals surface area contributed by atoms with Crippen LogP contribution in [0.3, 0.4) is 0 Å². The van der Waals surface area contributed by atoms with E-state index < -0.39 is 0 Å². The Bertz CT molecular complexity index is 634. The van der Waals surface area contributed by atoms with Gasteiger partial charge in [0.25, 0.3) is 0 Å². The molecule has 3 rings (SSSR count). The molecule has 0 bridgehead atoms. The summed E-state index contributed by atoms with van der Waals surface area (Å²) in [5, 5.41) is 0.660. The second kappa shape index (κ2) is 5.06. The van der Waals surface area contributed by atoms with Crippen LogP contribution in [0.25, 0.3) is 0 Å². The van der Waals surface area contributed by atoms with Gasteiger partial charge in [-0.1, -0.05) is 23.7 Å². The zero-order chi connectivity index (χ0) is 13.2. The summed E-state index contributed by atoms with van der Waals surface area (Å²) in [6.45, 7) is 0.710. The van der Waals surface area contributed by atoms with E-state index in [2.05, 4.69) is 0 Å². The molecule has 0 unspecified atom stereocenters. The molecule has 1 aliphatic heterocycles. The number of hydrogen-bond donors (Lipinski definition) is 0. The third-order valence-corrected chi connectivity index (χ3v) is 3.50. The van der Waals surface area contributed by atoms with Gasteiger partial charge in [-0.2, -0.15) is 0 Å². The molecule has 0 saturated carbocycles. The molecule has 19 heavy (non-hydrogen) atoms. The summed E-state index contributed by atoms with van der Waals surface area (Å²) < 4.78 is 5.44. The number of ether oxygens (including phenoxy) is 1. The molecule has 0 amide bonds. The summed E-state index contributed by atoms with van der Waals surface area (Å²) in [6.07, 6.45) is 1.26. The number of benzene rings is 2. The lowest BCUT2D eigenvalue weighted by Gasteiger charge is -2.04. The van der Waals surface area contributed by atoms with Gasteiger partial charge in [0.2, 0.25) is 0 Å². The SMILES string of the molecule is O=C(Cc1cccc(Cl)c1)c1ccc2c(c1)CCO2. The van der Waals surface area contributed by atoms with Crippen molar-refractivity contribution >= 4 is 17.4 Å². The molecule has 1 heterocycles. The molecule has 3 heteroatoms. The third kappa shape index (κ3) is 2.64. The highest BCUT2D eigenvalue weighted by Crippen LogP contribution is 2.26. The van der Waals surface area contributed by atoms with E-state index >= 15 is 0 Å². The van der Waals surface area contributed by atoms with Crippen LogP contribution in [-0.4, -0.2) is 12.4 Å². The van der Waals surface area contributed by atoms with Crippen LogP contribution >= 0.6 is 11.6 Å². The first-order valence-electron chi connectivity index (χ1n) is 6.26. The highest BCUT2D eigenvalue weighted by molar-refractivity contribution is 6.30. The Labute approximate surface area is 117 Å². The molecular formula is C16H13ClO2. The van der Waals surface area contributed by atoms with E-state index in [4.69, 9.17) is 16.3 Å². The summed E-state index contributed by atoms with van der Waals surface area (Å²) in [4.78, 5) is 12.2. The van der Waals surface area contributed by atoms with Crippen molar-refractivity contribution in [3.05, 3.63) is 64.2 Å². The number of carbonyl (C=O) groups is 1. The number of Topliss-reactive ketones (excluding diaryl/α,β-unsaturated/α-hetero) is 1. The molecule has 0 atom stereocenters. The first-order valence-corrected chi connectivity index (χ1v) is 6.63. The number of carbonyl (C=O) groups excluding carboxylic acids is 1. The van der Waals surface area contributed by atoms with Gasteiger partial charge in [0, 0.05) is 23.4 Å². The topological polar surface area (TPSA) is 26.3 Å². The van der Waals surface area contributed by atoms with E-state index in [1.165, 1.54) is 0 Å². The average molecular weight is 273 g/mol. The van der Waals surface area contributed by atoms with Crippen molar-refractivity contribution in [1.82, 2.24) is 0 Å². The Morgan fingerprint density at radius 3 is 2.95 bits per heavy atom. The van der Waals surface area contributed by atoms with Crippen LogP contribution < -0.4 is 4.74 Å². The number of rotatable bonds is 3. The second-order valence-corrected chi connectivity index (χ2v) is 5.09. The summed E-state index contributed by atoms with van der Waals surface area (Å²) in [5.41, 5.74) is 2.80. The van der Waals surface area contributed by atoms with Crippen molar-refractivity contribution in [2.45, 2.75) is 12.8 Å². The Kier molecular flexibility index (Phi) is 3.26. The Morgan fingerprint density at radius 2 is 2.11 bits per heavy atom. The highest BCUT2D eigenvalue weighted by Gasteiger charge is 2.15. The lowest BCUT2D eigenvalue weighted by molar-refractivity contribution is 0.0993. The molecule has 1 aliphatic rings. The van der Waals surface area contributed by atoms with Gasteiger partial charge < -0.3 is 4.74 Å². The van der Waals surface area contributed by atoms with Gasteiger partial charge in [0.05, 0.1) is 6.61 Å². The summed E-state index contributed by atoms with van der Waals surface area (Å²) in [7, 11) is 0. The average Bonchev–Trinajstić information content (AvgIpc) is 2.85. The van der Waals surface area contributed by atoms with Crippen molar-refractivity contribution in [2.24, 2.45) is 0 Å². The molecule has 0 aliphatic carbocycles. The molecule has 0 saturated heterocycles. The Hall–Kier alpha value is -1.80. The van der Waals surface area contributed by atoms with Crippen LogP contribution in [-0.2, 0) is 12.8 Å². The van der Waals surface area contributed by atoms with E-state index in [9.17, 15) is 4.79 Å². The smallest absolute Gasteiger partial charge is 0.167 e. The van der Waals surface area contributed by atoms with Crippen LogP contribution in [0.15, 0.2) is 42.5 Å².